The van der Waals surface area contributed by atoms with E-state index in [4.69, 9.17) is 14.7 Å². The number of carbonyl (C=O) groups excluding carboxylic acids is 2. The lowest BCUT2D eigenvalue weighted by Gasteiger charge is -2.36. The molecule has 11 heteroatoms. The monoisotopic (exact) mass is 657 g/mol. The summed E-state index contributed by atoms with van der Waals surface area (Å²) in [4.78, 5) is 23.4. The standard InChI is InChI=1S/C36H39N3O7S/c40-23-25-14-16-27(17-15-25)32-21-31(24-47-35-13-3-4-18-39(35)44)45-36(46-32)30-10-6-9-29(20-30)28-8-5-7-26(19-28)22-37-33(41)11-1-2-12-34(42)38-43/h3-10,13-20,31-32,36,40,43H,1-2,11-12,21-24H2,(H,37,41)(H,38,42). The molecule has 2 heterocycles. The number of hydrogen-bond acceptors (Lipinski definition) is 8. The molecule has 0 saturated carbocycles. The van der Waals surface area contributed by atoms with E-state index in [9.17, 15) is 19.9 Å². The molecule has 0 bridgehead atoms. The van der Waals surface area contributed by atoms with Crippen molar-refractivity contribution in [3.8, 4) is 11.1 Å². The molecule has 2 amide bonds. The molecule has 4 aromatic rings. The Kier molecular flexibility index (Phi) is 12.4. The van der Waals surface area contributed by atoms with E-state index >= 15 is 0 Å². The molecule has 246 valence electrons. The van der Waals surface area contributed by atoms with Crippen molar-refractivity contribution in [2.75, 3.05) is 5.75 Å². The molecule has 1 aromatic heterocycles. The smallest absolute Gasteiger partial charge is 0.251 e. The third-order valence-corrected chi connectivity index (χ3v) is 9.06. The number of pyridine rings is 1. The number of unbranched alkanes of at least 4 members (excludes halogenated alkanes) is 1. The number of ether oxygens (including phenoxy) is 2. The summed E-state index contributed by atoms with van der Waals surface area (Å²) in [7, 11) is 0. The van der Waals surface area contributed by atoms with Gasteiger partial charge in [-0.15, -0.1) is 0 Å². The van der Waals surface area contributed by atoms with Gasteiger partial charge in [0, 0.05) is 49.3 Å². The number of carbonyl (C=O) groups is 2. The lowest BCUT2D eigenvalue weighted by Crippen LogP contribution is -2.32. The topological polar surface area (TPSA) is 144 Å². The second-order valence-electron chi connectivity index (χ2n) is 11.4. The fraction of sp³-hybridized carbons (Fsp3) is 0.306. The maximum absolute atomic E-state index is 12.3. The van der Waals surface area contributed by atoms with E-state index in [-0.39, 0.29) is 31.1 Å². The lowest BCUT2D eigenvalue weighted by atomic mass is 9.99. The number of hydrogen-bond donors (Lipinski definition) is 4. The van der Waals surface area contributed by atoms with Gasteiger partial charge in [0.2, 0.25) is 11.8 Å². The van der Waals surface area contributed by atoms with Gasteiger partial charge in [-0.25, -0.2) is 5.48 Å². The average molecular weight is 658 g/mol. The van der Waals surface area contributed by atoms with Gasteiger partial charge < -0.3 is 25.1 Å². The van der Waals surface area contributed by atoms with Crippen LogP contribution in [0.25, 0.3) is 11.1 Å². The van der Waals surface area contributed by atoms with E-state index in [2.05, 4.69) is 11.4 Å². The van der Waals surface area contributed by atoms with Crippen LogP contribution in [0.4, 0.5) is 0 Å². The van der Waals surface area contributed by atoms with Gasteiger partial charge in [-0.2, -0.15) is 4.73 Å². The van der Waals surface area contributed by atoms with Crippen LogP contribution in [0.3, 0.4) is 0 Å². The predicted octanol–water partition coefficient (Wildman–Crippen LogP) is 5.50. The summed E-state index contributed by atoms with van der Waals surface area (Å²) in [5, 5.41) is 33.9. The summed E-state index contributed by atoms with van der Waals surface area (Å²) in [6.45, 7) is 0.343. The average Bonchev–Trinajstić information content (AvgIpc) is 3.12. The Labute approximate surface area is 278 Å². The minimum Gasteiger partial charge on any atom is -0.618 e. The minimum atomic E-state index is -0.641. The van der Waals surface area contributed by atoms with E-state index in [1.165, 1.54) is 18.0 Å². The van der Waals surface area contributed by atoms with Gasteiger partial charge in [-0.05, 0) is 58.9 Å². The van der Waals surface area contributed by atoms with Crippen LogP contribution in [-0.2, 0) is 32.2 Å². The van der Waals surface area contributed by atoms with Crippen LogP contribution in [0.2, 0.25) is 0 Å². The summed E-state index contributed by atoms with van der Waals surface area (Å²) in [6.07, 6.45) is 2.57. The van der Waals surface area contributed by atoms with Crippen LogP contribution < -0.4 is 15.5 Å². The highest BCUT2D eigenvalue weighted by Crippen LogP contribution is 2.40. The molecule has 1 fully saturated rings. The van der Waals surface area contributed by atoms with Gasteiger partial charge in [-0.1, -0.05) is 72.4 Å². The zero-order chi connectivity index (χ0) is 33.0. The number of hydroxylamine groups is 1. The zero-order valence-electron chi connectivity index (χ0n) is 25.9. The Bertz CT molecular complexity index is 1640. The maximum Gasteiger partial charge on any atom is 0.251 e. The van der Waals surface area contributed by atoms with Crippen molar-refractivity contribution < 1.29 is 34.1 Å². The summed E-state index contributed by atoms with van der Waals surface area (Å²) in [6, 6.07) is 29.1. The number of nitrogens with zero attached hydrogens (tertiary/aromatic N) is 1. The predicted molar refractivity (Wildman–Crippen MR) is 177 cm³/mol. The van der Waals surface area contributed by atoms with Crippen molar-refractivity contribution in [1.82, 2.24) is 10.8 Å². The number of aliphatic hydroxyl groups is 1. The van der Waals surface area contributed by atoms with Gasteiger partial charge >= 0.3 is 0 Å². The second-order valence-corrected chi connectivity index (χ2v) is 12.4. The Morgan fingerprint density at radius 1 is 0.851 bits per heavy atom. The highest BCUT2D eigenvalue weighted by molar-refractivity contribution is 7.99. The van der Waals surface area contributed by atoms with Crippen LogP contribution in [0.1, 0.15) is 66.8 Å². The number of aliphatic hydroxyl groups excluding tert-OH is 1. The Morgan fingerprint density at radius 2 is 1.60 bits per heavy atom. The first kappa shape index (κ1) is 34.1. The summed E-state index contributed by atoms with van der Waals surface area (Å²) >= 11 is 1.45. The maximum atomic E-state index is 12.3. The Balaban J connectivity index is 1.27. The molecule has 1 aliphatic rings. The SMILES string of the molecule is O=C(CCCCC(=O)NCc1cccc(-c2cccc(C3OC(CSc4cccc[n+]4[O-])CC(c4ccc(CO)cc4)O3)c2)c1)NO. The second kappa shape index (κ2) is 17.1. The molecule has 10 nitrogen and oxygen atoms in total. The fourth-order valence-electron chi connectivity index (χ4n) is 5.37. The van der Waals surface area contributed by atoms with Crippen LogP contribution in [0, 0.1) is 5.21 Å². The van der Waals surface area contributed by atoms with E-state index in [0.29, 0.717) is 43.0 Å². The molecule has 0 aliphatic carbocycles. The van der Waals surface area contributed by atoms with Crippen LogP contribution in [0.5, 0.6) is 0 Å². The van der Waals surface area contributed by atoms with Crippen molar-refractivity contribution >= 4 is 23.6 Å². The molecule has 1 saturated heterocycles. The molecule has 4 N–H and O–H groups in total. The van der Waals surface area contributed by atoms with Crippen LogP contribution >= 0.6 is 11.8 Å². The minimum absolute atomic E-state index is 0.0309. The van der Waals surface area contributed by atoms with Crippen molar-refractivity contribution in [3.63, 3.8) is 0 Å². The van der Waals surface area contributed by atoms with Gasteiger partial charge in [0.1, 0.15) is 0 Å². The van der Waals surface area contributed by atoms with Gasteiger partial charge in [-0.3, -0.25) is 14.8 Å². The molecule has 3 aromatic carbocycles. The number of benzene rings is 3. The Morgan fingerprint density at radius 3 is 2.34 bits per heavy atom. The zero-order valence-corrected chi connectivity index (χ0v) is 26.7. The summed E-state index contributed by atoms with van der Waals surface area (Å²) < 4.78 is 13.9. The number of thioether (sulfide) groups is 1. The molecule has 0 radical (unpaired) electrons. The molecule has 3 atom stereocenters. The largest absolute Gasteiger partial charge is 0.618 e. The molecule has 0 spiro atoms. The summed E-state index contributed by atoms with van der Waals surface area (Å²) in [5.41, 5.74) is 7.18. The molecular weight excluding hydrogens is 618 g/mol. The molecule has 1 aliphatic heterocycles. The van der Waals surface area contributed by atoms with Gasteiger partial charge in [0.15, 0.2) is 12.5 Å². The van der Waals surface area contributed by atoms with Crippen LogP contribution in [0.15, 0.2) is 102 Å². The first-order chi connectivity index (χ1) is 22.9. The third kappa shape index (κ3) is 9.87. The third-order valence-electron chi connectivity index (χ3n) is 7.91. The summed E-state index contributed by atoms with van der Waals surface area (Å²) in [5.74, 6) is 0.0169. The van der Waals surface area contributed by atoms with Crippen molar-refractivity contribution in [2.24, 2.45) is 0 Å². The molecule has 47 heavy (non-hydrogen) atoms. The number of amides is 2. The van der Waals surface area contributed by atoms with Crippen LogP contribution in [-0.4, -0.2) is 34.0 Å². The highest BCUT2D eigenvalue weighted by Gasteiger charge is 2.33. The number of aromatic nitrogens is 1. The molecular formula is C36H39N3O7S. The first-order valence-corrected chi connectivity index (χ1v) is 16.6. The van der Waals surface area contributed by atoms with E-state index in [0.717, 1.165) is 38.1 Å². The number of rotatable bonds is 14. The Hall–Kier alpha value is -4.26. The van der Waals surface area contributed by atoms with Crippen molar-refractivity contribution in [3.05, 3.63) is 125 Å². The van der Waals surface area contributed by atoms with Gasteiger partial charge in [0.25, 0.3) is 5.03 Å². The van der Waals surface area contributed by atoms with Crippen molar-refractivity contribution in [1.29, 1.82) is 0 Å². The lowest BCUT2D eigenvalue weighted by molar-refractivity contribution is -0.645. The van der Waals surface area contributed by atoms with Crippen molar-refractivity contribution in [2.45, 2.75) is 68.8 Å². The molecule has 5 rings (SSSR count). The van der Waals surface area contributed by atoms with E-state index in [1.54, 1.807) is 17.6 Å². The van der Waals surface area contributed by atoms with E-state index < -0.39 is 12.2 Å². The van der Waals surface area contributed by atoms with Gasteiger partial charge in [0.05, 0.1) is 18.8 Å². The fourth-order valence-corrected chi connectivity index (χ4v) is 6.30. The normalized spacial score (nSPS) is 17.6. The highest BCUT2D eigenvalue weighted by atomic mass is 32.2. The number of nitrogens with one attached hydrogen (secondary N) is 2. The molecule has 3 unspecified atom stereocenters. The first-order valence-electron chi connectivity index (χ1n) is 15.6. The van der Waals surface area contributed by atoms with E-state index in [1.807, 2.05) is 72.8 Å². The quantitative estimate of drug-likeness (QED) is 0.0348.